The van der Waals surface area contributed by atoms with Gasteiger partial charge in [0, 0.05) is 80.6 Å². The van der Waals surface area contributed by atoms with Gasteiger partial charge >= 0.3 is 0 Å². The molecule has 0 spiro atoms. The molecular formula is C52H63N9O8. The maximum atomic E-state index is 13.8. The molecule has 0 aliphatic carbocycles. The minimum atomic E-state index is -0.673. The van der Waals surface area contributed by atoms with Crippen LogP contribution in [0.4, 0.5) is 5.69 Å². The summed E-state index contributed by atoms with van der Waals surface area (Å²) in [6.07, 6.45) is 9.20. The van der Waals surface area contributed by atoms with Gasteiger partial charge in [-0.25, -0.2) is 4.98 Å². The van der Waals surface area contributed by atoms with Crippen molar-refractivity contribution in [3.63, 3.8) is 0 Å². The van der Waals surface area contributed by atoms with E-state index in [-0.39, 0.29) is 24.1 Å². The molecule has 1 atom stereocenters. The Morgan fingerprint density at radius 3 is 2.38 bits per heavy atom. The van der Waals surface area contributed by atoms with E-state index in [1.54, 1.807) is 24.5 Å². The average Bonchev–Trinajstić information content (AvgIpc) is 3.98. The van der Waals surface area contributed by atoms with Gasteiger partial charge in [0.1, 0.15) is 24.1 Å². The number of carbonyl (C=O) groups is 4. The molecule has 3 aliphatic rings. The number of piperidine rings is 2. The molecule has 0 bridgehead atoms. The summed E-state index contributed by atoms with van der Waals surface area (Å²) >= 11 is 0. The fraction of sp³-hybridized carbons (Fsp3) is 0.442. The van der Waals surface area contributed by atoms with Gasteiger partial charge in [-0.2, -0.15) is 5.10 Å². The molecule has 8 rings (SSSR count). The molecule has 364 valence electrons. The molecule has 2 saturated heterocycles. The standard InChI is InChI=1S/C52H63N9O8/c1-51(2,57-47(63)37-10-7-12-40(32-37)56-52(20-24-60(3)25-21-52)50-55-46(58-59-50)36-18-22-53-23-19-36)39-11-8-13-41(34-39)68-29-6-4-5-26-66-27-9-28-67-30-31-69-42-14-15-43-38(33-42)35-61(49(43)65)44-16-17-45(62)54-48(44)64/h7-8,10-15,18-19,22-23,32-34,44,56H,4-6,9,16-17,20-21,24-31,35H2,1-3H3,(H,57,63)(H,54,62,64)(H,55,58,59). The number of hydrogen-bond acceptors (Lipinski definition) is 13. The molecule has 5 heterocycles. The molecule has 4 amide bonds. The molecule has 0 radical (unpaired) electrons. The molecule has 3 aromatic carbocycles. The van der Waals surface area contributed by atoms with Crippen LogP contribution in [0.2, 0.25) is 0 Å². The average molecular weight is 942 g/mol. The number of pyridine rings is 1. The Labute approximate surface area is 403 Å². The van der Waals surface area contributed by atoms with Crippen molar-refractivity contribution in [3.05, 3.63) is 119 Å². The zero-order valence-electron chi connectivity index (χ0n) is 39.8. The zero-order chi connectivity index (χ0) is 48.2. The molecule has 4 N–H and O–H groups in total. The highest BCUT2D eigenvalue weighted by Gasteiger charge is 2.40. The number of likely N-dealkylation sites (tertiary alicyclic amines) is 1. The summed E-state index contributed by atoms with van der Waals surface area (Å²) in [6.45, 7) is 9.25. The Morgan fingerprint density at radius 1 is 0.826 bits per heavy atom. The maximum Gasteiger partial charge on any atom is 0.255 e. The van der Waals surface area contributed by atoms with E-state index in [1.165, 1.54) is 4.90 Å². The second kappa shape index (κ2) is 22.6. The van der Waals surface area contributed by atoms with Crippen molar-refractivity contribution in [1.29, 1.82) is 0 Å². The number of aromatic nitrogens is 4. The quantitative estimate of drug-likeness (QED) is 0.0416. The number of nitrogens with one attached hydrogen (secondary N) is 4. The number of benzene rings is 3. The molecule has 3 aliphatic heterocycles. The monoisotopic (exact) mass is 941 g/mol. The fourth-order valence-electron chi connectivity index (χ4n) is 8.94. The SMILES string of the molecule is CN1CCC(Nc2cccc(C(=O)NC(C)(C)c3cccc(OCCCCCOCCCOCCOc4ccc5c(c4)CN(C4CCC(=O)NC4=O)C5=O)c3)c2)(c2nc(-c3ccncc3)n[nH]2)CC1. The molecule has 69 heavy (non-hydrogen) atoms. The summed E-state index contributed by atoms with van der Waals surface area (Å²) in [5.74, 6) is 1.66. The van der Waals surface area contributed by atoms with E-state index in [1.807, 2.05) is 80.6 Å². The third-order valence-electron chi connectivity index (χ3n) is 13.0. The highest BCUT2D eigenvalue weighted by molar-refractivity contribution is 6.05. The smallest absolute Gasteiger partial charge is 0.255 e. The lowest BCUT2D eigenvalue weighted by atomic mass is 9.86. The summed E-state index contributed by atoms with van der Waals surface area (Å²) < 4.78 is 23.5. The van der Waals surface area contributed by atoms with Gasteiger partial charge in [-0.3, -0.25) is 34.6 Å². The van der Waals surface area contributed by atoms with E-state index in [4.69, 9.17) is 23.9 Å². The summed E-state index contributed by atoms with van der Waals surface area (Å²) in [7, 11) is 2.12. The van der Waals surface area contributed by atoms with Crippen molar-refractivity contribution in [2.45, 2.75) is 88.9 Å². The van der Waals surface area contributed by atoms with Crippen LogP contribution in [0.15, 0.2) is 91.3 Å². The molecule has 2 aromatic heterocycles. The van der Waals surface area contributed by atoms with E-state index in [0.717, 1.165) is 85.6 Å². The molecular weight excluding hydrogens is 879 g/mol. The maximum absolute atomic E-state index is 13.8. The van der Waals surface area contributed by atoms with Gasteiger partial charge < -0.3 is 39.4 Å². The van der Waals surface area contributed by atoms with E-state index in [9.17, 15) is 19.2 Å². The van der Waals surface area contributed by atoms with Crippen molar-refractivity contribution in [3.8, 4) is 22.9 Å². The van der Waals surface area contributed by atoms with Crippen LogP contribution in [0.1, 0.15) is 103 Å². The number of aromatic amines is 1. The van der Waals surface area contributed by atoms with Gasteiger partial charge in [0.15, 0.2) is 11.6 Å². The molecule has 0 saturated carbocycles. The molecule has 17 nitrogen and oxygen atoms in total. The summed E-state index contributed by atoms with van der Waals surface area (Å²) in [5.41, 5.74) is 3.40. The van der Waals surface area contributed by atoms with Crippen LogP contribution in [-0.4, -0.2) is 119 Å². The predicted molar refractivity (Wildman–Crippen MR) is 259 cm³/mol. The lowest BCUT2D eigenvalue weighted by Crippen LogP contribution is -2.52. The van der Waals surface area contributed by atoms with Gasteiger partial charge in [-0.05, 0) is 138 Å². The lowest BCUT2D eigenvalue weighted by molar-refractivity contribution is -0.136. The Hall–Kier alpha value is -6.69. The molecule has 1 unspecified atom stereocenters. The molecule has 2 fully saturated rings. The highest BCUT2D eigenvalue weighted by Crippen LogP contribution is 2.36. The van der Waals surface area contributed by atoms with Gasteiger partial charge in [0.25, 0.3) is 11.8 Å². The highest BCUT2D eigenvalue weighted by atomic mass is 16.5. The number of hydrogen-bond donors (Lipinski definition) is 4. The van der Waals surface area contributed by atoms with Crippen LogP contribution in [0.5, 0.6) is 11.5 Å². The van der Waals surface area contributed by atoms with E-state index in [2.05, 4.69) is 43.1 Å². The zero-order valence-corrected chi connectivity index (χ0v) is 39.8. The largest absolute Gasteiger partial charge is 0.494 e. The topological polar surface area (TPSA) is 202 Å². The summed E-state index contributed by atoms with van der Waals surface area (Å²) in [5, 5.41) is 17.1. The Kier molecular flexibility index (Phi) is 16.0. The second-order valence-corrected chi connectivity index (χ2v) is 18.5. The Bertz CT molecular complexity index is 2560. The van der Waals surface area contributed by atoms with Crippen LogP contribution >= 0.6 is 0 Å². The Balaban J connectivity index is 0.698. The van der Waals surface area contributed by atoms with Crippen molar-refractivity contribution >= 4 is 29.3 Å². The summed E-state index contributed by atoms with van der Waals surface area (Å²) in [4.78, 5) is 63.4. The Morgan fingerprint density at radius 2 is 1.57 bits per heavy atom. The first kappa shape index (κ1) is 48.8. The first-order valence-corrected chi connectivity index (χ1v) is 24.0. The lowest BCUT2D eigenvalue weighted by Gasteiger charge is -2.40. The van der Waals surface area contributed by atoms with Gasteiger partial charge in [0.2, 0.25) is 11.8 Å². The third kappa shape index (κ3) is 12.5. The summed E-state index contributed by atoms with van der Waals surface area (Å²) in [6, 6.07) is 24.0. The van der Waals surface area contributed by atoms with Gasteiger partial charge in [-0.15, -0.1) is 0 Å². The predicted octanol–water partition coefficient (Wildman–Crippen LogP) is 6.38. The number of ether oxygens (including phenoxy) is 4. The van der Waals surface area contributed by atoms with Crippen molar-refractivity contribution in [2.75, 3.05) is 65.1 Å². The van der Waals surface area contributed by atoms with Crippen LogP contribution in [-0.2, 0) is 36.7 Å². The molecule has 5 aromatic rings. The fourth-order valence-corrected chi connectivity index (χ4v) is 8.94. The van der Waals surface area contributed by atoms with Gasteiger partial charge in [0.05, 0.1) is 24.3 Å². The van der Waals surface area contributed by atoms with Gasteiger partial charge in [-0.1, -0.05) is 18.2 Å². The second-order valence-electron chi connectivity index (χ2n) is 18.5. The number of amides is 4. The first-order valence-electron chi connectivity index (χ1n) is 24.0. The van der Waals surface area contributed by atoms with E-state index < -0.39 is 23.0 Å². The number of H-pyrrole nitrogens is 1. The van der Waals surface area contributed by atoms with Crippen LogP contribution in [0.3, 0.4) is 0 Å². The van der Waals surface area contributed by atoms with Crippen molar-refractivity contribution < 1.29 is 38.1 Å². The first-order chi connectivity index (χ1) is 33.5. The number of rotatable bonds is 23. The van der Waals surface area contributed by atoms with Crippen LogP contribution in [0, 0.1) is 0 Å². The van der Waals surface area contributed by atoms with Crippen molar-refractivity contribution in [2.24, 2.45) is 0 Å². The van der Waals surface area contributed by atoms with E-state index >= 15 is 0 Å². The number of anilines is 1. The van der Waals surface area contributed by atoms with Crippen LogP contribution in [0.25, 0.3) is 11.4 Å². The third-order valence-corrected chi connectivity index (χ3v) is 13.0. The normalized spacial score (nSPS) is 17.1. The number of unbranched alkanes of at least 4 members (excludes halogenated alkanes) is 2. The van der Waals surface area contributed by atoms with Crippen molar-refractivity contribution in [1.82, 2.24) is 40.6 Å². The number of fused-ring (bicyclic) bond motifs is 1. The number of imide groups is 1. The minimum absolute atomic E-state index is 0.177. The molecule has 17 heteroatoms. The minimum Gasteiger partial charge on any atom is -0.494 e. The van der Waals surface area contributed by atoms with E-state index in [0.29, 0.717) is 75.3 Å². The number of carbonyl (C=O) groups excluding carboxylic acids is 4. The van der Waals surface area contributed by atoms with Crippen LogP contribution < -0.4 is 25.4 Å². The number of nitrogens with zero attached hydrogens (tertiary/aromatic N) is 5.